The zero-order valence-electron chi connectivity index (χ0n) is 25.7. The molecule has 4 aliphatic rings. The molecule has 2 aromatic carbocycles. The number of nitrogens with zero attached hydrogens (tertiary/aromatic N) is 5. The summed E-state index contributed by atoms with van der Waals surface area (Å²) in [6, 6.07) is 6.55. The molecule has 4 aliphatic heterocycles. The number of hydrogen-bond donors (Lipinski definition) is 1. The number of halogens is 3. The number of hydrogen-bond acceptors (Lipinski definition) is 8. The van der Waals surface area contributed by atoms with Crippen LogP contribution in [-0.4, -0.2) is 83.7 Å². The Bertz CT molecular complexity index is 1740. The first-order chi connectivity index (χ1) is 21.8. The first-order valence-corrected chi connectivity index (χ1v) is 15.8. The Morgan fingerprint density at radius 1 is 1.16 bits per heavy atom. The number of aryl methyl sites for hydroxylation is 1. The zero-order valence-corrected chi connectivity index (χ0v) is 25.7. The van der Waals surface area contributed by atoms with Gasteiger partial charge >= 0.3 is 6.01 Å². The average molecular weight is 622 g/mol. The topological polar surface area (TPSA) is 83.8 Å². The molecule has 8 nitrogen and oxygen atoms in total. The van der Waals surface area contributed by atoms with Gasteiger partial charge < -0.3 is 19.5 Å². The lowest BCUT2D eigenvalue weighted by Crippen LogP contribution is -2.28. The Labute approximate surface area is 260 Å². The number of methoxy groups -OCH3 is 1. The number of fused-ring (bicyclic) bond motifs is 3. The van der Waals surface area contributed by atoms with E-state index in [2.05, 4.69) is 24.8 Å². The zero-order chi connectivity index (χ0) is 31.3. The minimum Gasteiger partial charge on any atom is -0.508 e. The third-order valence-corrected chi connectivity index (χ3v) is 9.97. The fourth-order valence-electron chi connectivity index (χ4n) is 7.69. The number of aromatic hydroxyl groups is 1. The van der Waals surface area contributed by atoms with Gasteiger partial charge in [-0.05, 0) is 79.6 Å². The van der Waals surface area contributed by atoms with E-state index in [1.54, 1.807) is 12.3 Å². The largest absolute Gasteiger partial charge is 0.508 e. The second-order valence-corrected chi connectivity index (χ2v) is 12.8. The molecular formula is C34H38F3N5O3. The molecule has 238 valence electrons. The molecule has 2 aromatic heterocycles. The maximum absolute atomic E-state index is 16.2. The van der Waals surface area contributed by atoms with Gasteiger partial charge in [-0.3, -0.25) is 9.88 Å². The molecule has 8 rings (SSSR count). The minimum atomic E-state index is -0.675. The summed E-state index contributed by atoms with van der Waals surface area (Å²) >= 11 is 0. The fourth-order valence-corrected chi connectivity index (χ4v) is 7.69. The van der Waals surface area contributed by atoms with Gasteiger partial charge in [0.1, 0.15) is 34.8 Å². The summed E-state index contributed by atoms with van der Waals surface area (Å²) in [4.78, 5) is 17.8. The second-order valence-electron chi connectivity index (χ2n) is 12.8. The van der Waals surface area contributed by atoms with Crippen molar-refractivity contribution in [2.75, 3.05) is 51.4 Å². The van der Waals surface area contributed by atoms with E-state index in [0.717, 1.165) is 45.5 Å². The maximum atomic E-state index is 16.2. The fraction of sp³-hybridized carbons (Fsp3) is 0.500. The van der Waals surface area contributed by atoms with Crippen LogP contribution < -0.4 is 9.64 Å². The van der Waals surface area contributed by atoms with Gasteiger partial charge in [-0.1, -0.05) is 13.0 Å². The van der Waals surface area contributed by atoms with Crippen LogP contribution in [0.5, 0.6) is 11.8 Å². The van der Waals surface area contributed by atoms with E-state index in [1.165, 1.54) is 38.2 Å². The standard InChI is InChI=1S/C27H26F2N4O3.C7H12FN/c1-3-17-20(28)5-4-15-10-16(34)11-18(21(15)17)23-22(29)24-19(12-30-23)25(32-26(31-24)35-2)33-8-6-27(13-33)7-9-36-14-27;8-6-4-7-2-1-3-9(7)5-6/h4-5,10-12,34H,3,6-9,13-14H2,1-2H3;6-7H,1-5H2. The van der Waals surface area contributed by atoms with Gasteiger partial charge in [0, 0.05) is 49.5 Å². The number of aromatic nitrogens is 3. The van der Waals surface area contributed by atoms with Crippen LogP contribution in [-0.2, 0) is 11.2 Å². The molecule has 0 amide bonds. The third-order valence-electron chi connectivity index (χ3n) is 9.97. The van der Waals surface area contributed by atoms with Crippen molar-refractivity contribution >= 4 is 27.5 Å². The number of phenols is 1. The van der Waals surface area contributed by atoms with E-state index in [-0.39, 0.29) is 34.2 Å². The lowest BCUT2D eigenvalue weighted by Gasteiger charge is -2.24. The van der Waals surface area contributed by atoms with Gasteiger partial charge in [0.25, 0.3) is 0 Å². The van der Waals surface area contributed by atoms with Gasteiger partial charge in [-0.2, -0.15) is 9.97 Å². The first kappa shape index (κ1) is 30.0. The van der Waals surface area contributed by atoms with Crippen LogP contribution in [0.2, 0.25) is 0 Å². The van der Waals surface area contributed by atoms with E-state index in [0.29, 0.717) is 58.7 Å². The predicted octanol–water partition coefficient (Wildman–Crippen LogP) is 6.21. The van der Waals surface area contributed by atoms with Crippen LogP contribution >= 0.6 is 0 Å². The van der Waals surface area contributed by atoms with Gasteiger partial charge in [-0.25, -0.2) is 13.2 Å². The summed E-state index contributed by atoms with van der Waals surface area (Å²) in [7, 11) is 1.44. The monoisotopic (exact) mass is 621 g/mol. The summed E-state index contributed by atoms with van der Waals surface area (Å²) in [5.74, 6) is -0.553. The number of pyridine rings is 1. The lowest BCUT2D eigenvalue weighted by atomic mass is 9.87. The molecule has 45 heavy (non-hydrogen) atoms. The maximum Gasteiger partial charge on any atom is 0.318 e. The van der Waals surface area contributed by atoms with Crippen molar-refractivity contribution < 1.29 is 27.8 Å². The normalized spacial score (nSPS) is 24.5. The summed E-state index contributed by atoms with van der Waals surface area (Å²) in [6.45, 7) is 6.66. The molecule has 1 N–H and O–H groups in total. The predicted molar refractivity (Wildman–Crippen MR) is 167 cm³/mol. The number of rotatable bonds is 4. The Hall–Kier alpha value is -3.70. The van der Waals surface area contributed by atoms with Crippen LogP contribution in [0, 0.1) is 17.0 Å². The molecule has 1 spiro atoms. The Balaban J connectivity index is 0.000000308. The van der Waals surface area contributed by atoms with E-state index in [1.807, 2.05) is 6.92 Å². The highest BCUT2D eigenvalue weighted by Crippen LogP contribution is 2.43. The number of phenolic OH excluding ortho intramolecular Hbond substituents is 1. The summed E-state index contributed by atoms with van der Waals surface area (Å²) < 4.78 is 54.5. The van der Waals surface area contributed by atoms with Crippen molar-refractivity contribution in [3.05, 3.63) is 47.7 Å². The molecule has 3 unspecified atom stereocenters. The number of anilines is 1. The number of benzene rings is 2. The Morgan fingerprint density at radius 3 is 2.78 bits per heavy atom. The van der Waals surface area contributed by atoms with Crippen molar-refractivity contribution in [3.63, 3.8) is 0 Å². The molecule has 6 heterocycles. The van der Waals surface area contributed by atoms with Crippen molar-refractivity contribution in [1.29, 1.82) is 0 Å². The van der Waals surface area contributed by atoms with Crippen LogP contribution in [0.25, 0.3) is 32.9 Å². The van der Waals surface area contributed by atoms with Gasteiger partial charge in [0.15, 0.2) is 5.82 Å². The van der Waals surface area contributed by atoms with E-state index in [9.17, 15) is 13.9 Å². The molecule has 0 saturated carbocycles. The Kier molecular flexibility index (Phi) is 7.93. The second kappa shape index (κ2) is 11.9. The summed E-state index contributed by atoms with van der Waals surface area (Å²) in [5.41, 5.74) is 0.875. The summed E-state index contributed by atoms with van der Waals surface area (Å²) in [5, 5.41) is 12.0. The van der Waals surface area contributed by atoms with Crippen molar-refractivity contribution in [2.24, 2.45) is 5.41 Å². The quantitative estimate of drug-likeness (QED) is 0.288. The van der Waals surface area contributed by atoms with Gasteiger partial charge in [0.05, 0.1) is 19.1 Å². The number of alkyl halides is 1. The Morgan fingerprint density at radius 2 is 2.02 bits per heavy atom. The van der Waals surface area contributed by atoms with Crippen LogP contribution in [0.4, 0.5) is 19.0 Å². The third kappa shape index (κ3) is 5.43. The molecule has 3 atom stereocenters. The van der Waals surface area contributed by atoms with Gasteiger partial charge in [-0.15, -0.1) is 0 Å². The molecule has 0 bridgehead atoms. The SMILES string of the molecule is CCc1c(F)ccc2cc(O)cc(-c3ncc4c(N5CCC6(CCOC6)C5)nc(OC)nc4c3F)c12.FC1CC2CCCN2C1. The molecule has 4 aromatic rings. The molecule has 4 saturated heterocycles. The molecule has 11 heteroatoms. The first-order valence-electron chi connectivity index (χ1n) is 15.8. The molecule has 4 fully saturated rings. The summed E-state index contributed by atoms with van der Waals surface area (Å²) in [6.07, 6.45) is 6.72. The highest BCUT2D eigenvalue weighted by molar-refractivity contribution is 6.01. The molecular weight excluding hydrogens is 583 g/mol. The van der Waals surface area contributed by atoms with Crippen molar-refractivity contribution in [2.45, 2.75) is 57.7 Å². The highest BCUT2D eigenvalue weighted by Gasteiger charge is 2.42. The lowest BCUT2D eigenvalue weighted by molar-refractivity contribution is 0.160. The van der Waals surface area contributed by atoms with Gasteiger partial charge in [0.2, 0.25) is 0 Å². The van der Waals surface area contributed by atoms with E-state index < -0.39 is 12.0 Å². The van der Waals surface area contributed by atoms with Crippen LogP contribution in [0.15, 0.2) is 30.5 Å². The average Bonchev–Trinajstić information content (AvgIpc) is 3.84. The molecule has 0 radical (unpaired) electrons. The minimum absolute atomic E-state index is 0.0162. The van der Waals surface area contributed by atoms with Crippen LogP contribution in [0.3, 0.4) is 0 Å². The number of ether oxygens (including phenoxy) is 2. The van der Waals surface area contributed by atoms with Crippen LogP contribution in [0.1, 0.15) is 44.6 Å². The van der Waals surface area contributed by atoms with Crippen molar-refractivity contribution in [1.82, 2.24) is 19.9 Å². The molecule has 0 aliphatic carbocycles. The van der Waals surface area contributed by atoms with E-state index in [4.69, 9.17) is 9.47 Å². The smallest absolute Gasteiger partial charge is 0.318 e. The van der Waals surface area contributed by atoms with E-state index >= 15 is 4.39 Å². The van der Waals surface area contributed by atoms with Crippen molar-refractivity contribution in [3.8, 4) is 23.0 Å². The highest BCUT2D eigenvalue weighted by atomic mass is 19.1.